The highest BCUT2D eigenvalue weighted by molar-refractivity contribution is 5.14. The quantitative estimate of drug-likeness (QED) is 0.833. The first-order valence-electron chi connectivity index (χ1n) is 7.22. The van der Waals surface area contributed by atoms with Gasteiger partial charge in [0.25, 0.3) is 0 Å². The molecule has 1 aromatic heterocycles. The first kappa shape index (κ1) is 15.4. The van der Waals surface area contributed by atoms with E-state index in [0.717, 1.165) is 25.1 Å². The molecule has 0 radical (unpaired) electrons. The summed E-state index contributed by atoms with van der Waals surface area (Å²) in [6.45, 7) is 3.49. The predicted molar refractivity (Wildman–Crippen MR) is 69.3 cm³/mol. The summed E-state index contributed by atoms with van der Waals surface area (Å²) in [5.41, 5.74) is 0.756. The van der Waals surface area contributed by atoms with Crippen LogP contribution in [0.5, 0.6) is 0 Å². The molecule has 0 aromatic carbocycles. The maximum atomic E-state index is 12.8. The molecule has 1 saturated carbocycles. The lowest BCUT2D eigenvalue weighted by Gasteiger charge is -2.29. The van der Waals surface area contributed by atoms with Crippen molar-refractivity contribution in [3.8, 4) is 0 Å². The molecule has 0 bridgehead atoms. The molecule has 1 aliphatic carbocycles. The van der Waals surface area contributed by atoms with E-state index in [0.29, 0.717) is 18.7 Å². The summed E-state index contributed by atoms with van der Waals surface area (Å²) in [7, 11) is 0. The maximum absolute atomic E-state index is 12.8. The Hall–Kier alpha value is -1.04. The van der Waals surface area contributed by atoms with Gasteiger partial charge in [0.05, 0.1) is 11.6 Å². The number of aromatic nitrogens is 1. The average Bonchev–Trinajstić information content (AvgIpc) is 2.87. The van der Waals surface area contributed by atoms with E-state index in [1.807, 2.05) is 0 Å². The molecule has 2 rings (SSSR count). The molecule has 2 unspecified atom stereocenters. The van der Waals surface area contributed by atoms with Crippen LogP contribution in [-0.2, 0) is 6.54 Å². The van der Waals surface area contributed by atoms with Gasteiger partial charge in [-0.3, -0.25) is 0 Å². The molecule has 1 heterocycles. The normalized spacial score (nSPS) is 24.0. The van der Waals surface area contributed by atoms with Gasteiger partial charge < -0.3 is 9.73 Å². The third-order valence-electron chi connectivity index (χ3n) is 3.90. The van der Waals surface area contributed by atoms with Crippen LogP contribution >= 0.6 is 0 Å². The van der Waals surface area contributed by atoms with Gasteiger partial charge in [0.2, 0.25) is 0 Å². The van der Waals surface area contributed by atoms with E-state index in [1.54, 1.807) is 0 Å². The fourth-order valence-electron chi connectivity index (χ4n) is 2.85. The zero-order valence-electron chi connectivity index (χ0n) is 11.7. The summed E-state index contributed by atoms with van der Waals surface area (Å²) in [6.07, 6.45) is -0.0431. The smallest absolute Gasteiger partial charge is 0.391 e. The van der Waals surface area contributed by atoms with Crippen LogP contribution in [0.4, 0.5) is 13.2 Å². The molecule has 6 heteroatoms. The standard InChI is InChI=1S/C14H21F3N2O/c1-2-6-18-8-12-13(20-9-19-12)10-4-3-5-11(7-10)14(15,16)17/h9-11,18H,2-8H2,1H3. The zero-order valence-corrected chi connectivity index (χ0v) is 11.7. The van der Waals surface area contributed by atoms with Crippen molar-refractivity contribution in [2.24, 2.45) is 5.92 Å². The molecule has 1 aromatic rings. The van der Waals surface area contributed by atoms with Crippen LogP contribution < -0.4 is 5.32 Å². The van der Waals surface area contributed by atoms with Crippen molar-refractivity contribution < 1.29 is 17.6 Å². The summed E-state index contributed by atoms with van der Waals surface area (Å²) in [6, 6.07) is 0. The minimum Gasteiger partial charge on any atom is -0.448 e. The predicted octanol–water partition coefficient (Wildman–Crippen LogP) is 4.01. The fraction of sp³-hybridized carbons (Fsp3) is 0.786. The minimum atomic E-state index is -4.10. The van der Waals surface area contributed by atoms with Crippen molar-refractivity contribution in [1.82, 2.24) is 10.3 Å². The number of oxazole rings is 1. The third-order valence-corrected chi connectivity index (χ3v) is 3.90. The molecule has 1 aliphatic rings. The molecular formula is C14H21F3N2O. The van der Waals surface area contributed by atoms with E-state index < -0.39 is 12.1 Å². The van der Waals surface area contributed by atoms with Crippen LogP contribution in [0.3, 0.4) is 0 Å². The van der Waals surface area contributed by atoms with Crippen LogP contribution in [0.15, 0.2) is 10.8 Å². The first-order valence-corrected chi connectivity index (χ1v) is 7.22. The van der Waals surface area contributed by atoms with E-state index in [1.165, 1.54) is 6.39 Å². The van der Waals surface area contributed by atoms with E-state index in [2.05, 4.69) is 17.2 Å². The van der Waals surface area contributed by atoms with Gasteiger partial charge in [-0.15, -0.1) is 0 Å². The molecule has 0 amide bonds. The van der Waals surface area contributed by atoms with Crippen molar-refractivity contribution >= 4 is 0 Å². The Morgan fingerprint density at radius 1 is 1.40 bits per heavy atom. The van der Waals surface area contributed by atoms with Crippen molar-refractivity contribution in [2.75, 3.05) is 6.54 Å². The van der Waals surface area contributed by atoms with Gasteiger partial charge in [-0.05, 0) is 32.2 Å². The second kappa shape index (κ2) is 6.61. The molecule has 1 fully saturated rings. The Kier molecular flexibility index (Phi) is 5.07. The number of nitrogens with zero attached hydrogens (tertiary/aromatic N) is 1. The van der Waals surface area contributed by atoms with Crippen LogP contribution in [0.2, 0.25) is 0 Å². The third kappa shape index (κ3) is 3.75. The minimum absolute atomic E-state index is 0.124. The molecule has 3 nitrogen and oxygen atoms in total. The van der Waals surface area contributed by atoms with Gasteiger partial charge in [-0.25, -0.2) is 4.98 Å². The summed E-state index contributed by atoms with van der Waals surface area (Å²) in [5.74, 6) is -0.721. The Labute approximate surface area is 117 Å². The van der Waals surface area contributed by atoms with E-state index >= 15 is 0 Å². The van der Waals surface area contributed by atoms with Crippen LogP contribution in [-0.4, -0.2) is 17.7 Å². The Balaban J connectivity index is 2.02. The van der Waals surface area contributed by atoms with Gasteiger partial charge >= 0.3 is 6.18 Å². The summed E-state index contributed by atoms with van der Waals surface area (Å²) < 4.78 is 43.9. The average molecular weight is 290 g/mol. The topological polar surface area (TPSA) is 38.1 Å². The van der Waals surface area contributed by atoms with Gasteiger partial charge in [-0.1, -0.05) is 13.3 Å². The monoisotopic (exact) mass is 290 g/mol. The highest BCUT2D eigenvalue weighted by Gasteiger charge is 2.43. The van der Waals surface area contributed by atoms with E-state index in [9.17, 15) is 13.2 Å². The molecule has 2 atom stereocenters. The maximum Gasteiger partial charge on any atom is 0.391 e. The molecule has 1 N–H and O–H groups in total. The van der Waals surface area contributed by atoms with Crippen molar-refractivity contribution in [3.63, 3.8) is 0 Å². The van der Waals surface area contributed by atoms with Crippen molar-refractivity contribution in [3.05, 3.63) is 17.8 Å². The van der Waals surface area contributed by atoms with Crippen LogP contribution in [0.1, 0.15) is 56.4 Å². The lowest BCUT2D eigenvalue weighted by Crippen LogP contribution is -2.28. The number of hydrogen-bond donors (Lipinski definition) is 1. The molecule has 0 aliphatic heterocycles. The van der Waals surface area contributed by atoms with Gasteiger partial charge in [-0.2, -0.15) is 13.2 Å². The zero-order chi connectivity index (χ0) is 14.6. The molecular weight excluding hydrogens is 269 g/mol. The molecule has 0 saturated heterocycles. The van der Waals surface area contributed by atoms with E-state index in [-0.39, 0.29) is 18.8 Å². The Bertz CT molecular complexity index is 417. The number of nitrogens with one attached hydrogen (secondary N) is 1. The SMILES string of the molecule is CCCNCc1ncoc1C1CCCC(C(F)(F)F)C1. The van der Waals surface area contributed by atoms with Gasteiger partial charge in [0.15, 0.2) is 6.39 Å². The Morgan fingerprint density at radius 2 is 2.20 bits per heavy atom. The Morgan fingerprint density at radius 3 is 2.90 bits per heavy atom. The molecule has 114 valence electrons. The number of rotatable bonds is 5. The highest BCUT2D eigenvalue weighted by atomic mass is 19.4. The number of hydrogen-bond acceptors (Lipinski definition) is 3. The second-order valence-corrected chi connectivity index (χ2v) is 5.44. The summed E-state index contributed by atoms with van der Waals surface area (Å²) in [5, 5.41) is 3.21. The van der Waals surface area contributed by atoms with Crippen molar-refractivity contribution in [1.29, 1.82) is 0 Å². The second-order valence-electron chi connectivity index (χ2n) is 5.44. The van der Waals surface area contributed by atoms with Crippen molar-refractivity contribution in [2.45, 2.75) is 57.7 Å². The summed E-state index contributed by atoms with van der Waals surface area (Å²) >= 11 is 0. The van der Waals surface area contributed by atoms with Gasteiger partial charge in [0.1, 0.15) is 5.76 Å². The fourth-order valence-corrected chi connectivity index (χ4v) is 2.85. The summed E-state index contributed by atoms with van der Waals surface area (Å²) in [4.78, 5) is 4.14. The molecule has 20 heavy (non-hydrogen) atoms. The van der Waals surface area contributed by atoms with Gasteiger partial charge in [0, 0.05) is 12.5 Å². The molecule has 0 spiro atoms. The van der Waals surface area contributed by atoms with E-state index in [4.69, 9.17) is 4.42 Å². The number of alkyl halides is 3. The van der Waals surface area contributed by atoms with Crippen LogP contribution in [0.25, 0.3) is 0 Å². The lowest BCUT2D eigenvalue weighted by atomic mass is 9.79. The highest BCUT2D eigenvalue weighted by Crippen LogP contribution is 2.44. The first-order chi connectivity index (χ1) is 9.52. The van der Waals surface area contributed by atoms with Crippen LogP contribution in [0, 0.1) is 5.92 Å². The lowest BCUT2D eigenvalue weighted by molar-refractivity contribution is -0.183. The number of halogens is 3. The largest absolute Gasteiger partial charge is 0.448 e.